The number of hydrogen-bond donors (Lipinski definition) is 1. The number of nitrogens with two attached hydrogens (primary N) is 1. The minimum absolute atomic E-state index is 0.0788. The summed E-state index contributed by atoms with van der Waals surface area (Å²) in [7, 11) is -3.19. The molecular formula is C22H25Cl2NO6S. The molecule has 2 aromatic carbocycles. The van der Waals surface area contributed by atoms with Gasteiger partial charge in [-0.3, -0.25) is 9.59 Å². The SMILES string of the molecule is CC(C)(c1ccc(OCC(=O)CCS(C)(=O)=O)cc1)c1cc(Cl)c(OCC(N)=O)c(Cl)c1. The van der Waals surface area contributed by atoms with Gasteiger partial charge in [0.1, 0.15) is 22.2 Å². The Kier molecular flexibility index (Phi) is 8.56. The third kappa shape index (κ3) is 7.39. The van der Waals surface area contributed by atoms with Crippen molar-refractivity contribution >= 4 is 44.7 Å². The number of hydrogen-bond acceptors (Lipinski definition) is 6. The standard InChI is InChI=1S/C22H25Cl2NO6S/c1-22(2,15-10-18(23)21(19(24)11-15)31-13-20(25)27)14-4-6-17(7-5-14)30-12-16(26)8-9-32(3,28)29/h4-7,10-11H,8-9,12-13H2,1-3H3,(H2,25,27). The number of benzene rings is 2. The summed E-state index contributed by atoms with van der Waals surface area (Å²) in [4.78, 5) is 22.7. The van der Waals surface area contributed by atoms with Crippen LogP contribution in [0.1, 0.15) is 31.4 Å². The lowest BCUT2D eigenvalue weighted by molar-refractivity contribution is -0.121. The molecule has 0 aliphatic carbocycles. The van der Waals surface area contributed by atoms with Crippen molar-refractivity contribution in [1.29, 1.82) is 0 Å². The van der Waals surface area contributed by atoms with Crippen molar-refractivity contribution in [2.45, 2.75) is 25.7 Å². The number of ketones is 1. The van der Waals surface area contributed by atoms with Gasteiger partial charge >= 0.3 is 0 Å². The summed E-state index contributed by atoms with van der Waals surface area (Å²) < 4.78 is 33.0. The summed E-state index contributed by atoms with van der Waals surface area (Å²) in [6.07, 6.45) is 1.01. The van der Waals surface area contributed by atoms with E-state index in [9.17, 15) is 18.0 Å². The lowest BCUT2D eigenvalue weighted by Crippen LogP contribution is -2.21. The minimum Gasteiger partial charge on any atom is -0.486 e. The van der Waals surface area contributed by atoms with E-state index < -0.39 is 21.2 Å². The molecule has 0 aliphatic rings. The first-order valence-corrected chi connectivity index (χ1v) is 12.4. The van der Waals surface area contributed by atoms with Crippen LogP contribution < -0.4 is 15.2 Å². The number of carbonyl (C=O) groups excluding carboxylic acids is 2. The predicted molar refractivity (Wildman–Crippen MR) is 125 cm³/mol. The third-order valence-corrected chi connectivity index (χ3v) is 6.31. The first kappa shape index (κ1) is 26.0. The molecule has 0 saturated heterocycles. The monoisotopic (exact) mass is 501 g/mol. The number of halogens is 2. The molecule has 174 valence electrons. The second kappa shape index (κ2) is 10.6. The molecule has 2 aromatic rings. The number of sulfone groups is 1. The van der Waals surface area contributed by atoms with E-state index in [1.807, 2.05) is 26.0 Å². The second-order valence-corrected chi connectivity index (χ2v) is 11.0. The Hall–Kier alpha value is -2.29. The van der Waals surface area contributed by atoms with Crippen molar-refractivity contribution in [3.63, 3.8) is 0 Å². The van der Waals surface area contributed by atoms with Gasteiger partial charge < -0.3 is 15.2 Å². The van der Waals surface area contributed by atoms with E-state index in [0.717, 1.165) is 17.4 Å². The quantitative estimate of drug-likeness (QED) is 0.503. The zero-order valence-corrected chi connectivity index (χ0v) is 20.3. The van der Waals surface area contributed by atoms with E-state index in [1.54, 1.807) is 24.3 Å². The van der Waals surface area contributed by atoms with E-state index in [-0.39, 0.29) is 47.0 Å². The maximum atomic E-state index is 11.8. The molecule has 0 radical (unpaired) electrons. The Morgan fingerprint density at radius 1 is 0.969 bits per heavy atom. The van der Waals surface area contributed by atoms with Crippen molar-refractivity contribution in [1.82, 2.24) is 0 Å². The smallest absolute Gasteiger partial charge is 0.255 e. The first-order valence-electron chi connectivity index (χ1n) is 9.63. The van der Waals surface area contributed by atoms with Crippen LogP contribution >= 0.6 is 23.2 Å². The maximum Gasteiger partial charge on any atom is 0.255 e. The molecule has 2 N–H and O–H groups in total. The van der Waals surface area contributed by atoms with Gasteiger partial charge in [0.15, 0.2) is 18.1 Å². The van der Waals surface area contributed by atoms with E-state index in [4.69, 9.17) is 38.4 Å². The Balaban J connectivity index is 2.11. The van der Waals surface area contributed by atoms with Gasteiger partial charge in [-0.1, -0.05) is 49.2 Å². The van der Waals surface area contributed by atoms with Gasteiger partial charge in [-0.2, -0.15) is 0 Å². The van der Waals surface area contributed by atoms with Crippen LogP contribution in [-0.2, 0) is 24.8 Å². The Morgan fingerprint density at radius 2 is 1.53 bits per heavy atom. The van der Waals surface area contributed by atoms with Gasteiger partial charge in [-0.05, 0) is 35.4 Å². The molecule has 2 rings (SSSR count). The van der Waals surface area contributed by atoms with Crippen LogP contribution in [-0.4, -0.2) is 45.3 Å². The molecule has 0 bridgehead atoms. The molecule has 0 fully saturated rings. The molecule has 10 heteroatoms. The maximum absolute atomic E-state index is 11.8. The van der Waals surface area contributed by atoms with Crippen LogP contribution in [0.4, 0.5) is 0 Å². The van der Waals surface area contributed by atoms with Gasteiger partial charge in [-0.25, -0.2) is 8.42 Å². The summed E-state index contributed by atoms with van der Waals surface area (Å²) in [6.45, 7) is 3.45. The van der Waals surface area contributed by atoms with Gasteiger partial charge in [-0.15, -0.1) is 0 Å². The van der Waals surface area contributed by atoms with Crippen LogP contribution in [0.2, 0.25) is 10.0 Å². The van der Waals surface area contributed by atoms with Gasteiger partial charge in [0.05, 0.1) is 15.8 Å². The van der Waals surface area contributed by atoms with Crippen molar-refractivity contribution in [3.05, 3.63) is 57.6 Å². The van der Waals surface area contributed by atoms with E-state index in [1.165, 1.54) is 0 Å². The van der Waals surface area contributed by atoms with Gasteiger partial charge in [0.25, 0.3) is 5.91 Å². The van der Waals surface area contributed by atoms with Crippen LogP contribution in [0.3, 0.4) is 0 Å². The average molecular weight is 502 g/mol. The fraction of sp³-hybridized carbons (Fsp3) is 0.364. The fourth-order valence-corrected chi connectivity index (χ4v) is 4.07. The van der Waals surface area contributed by atoms with Crippen LogP contribution in [0, 0.1) is 0 Å². The highest BCUT2D eigenvalue weighted by molar-refractivity contribution is 7.90. The van der Waals surface area contributed by atoms with E-state index >= 15 is 0 Å². The van der Waals surface area contributed by atoms with E-state index in [0.29, 0.717) is 5.75 Å². The normalized spacial score (nSPS) is 11.8. The van der Waals surface area contributed by atoms with Crippen molar-refractivity contribution in [2.24, 2.45) is 5.73 Å². The topological polar surface area (TPSA) is 113 Å². The molecule has 0 spiro atoms. The zero-order chi connectivity index (χ0) is 24.1. The second-order valence-electron chi connectivity index (χ2n) is 7.88. The zero-order valence-electron chi connectivity index (χ0n) is 18.0. The first-order chi connectivity index (χ1) is 14.8. The molecule has 32 heavy (non-hydrogen) atoms. The highest BCUT2D eigenvalue weighted by atomic mass is 35.5. The summed E-state index contributed by atoms with van der Waals surface area (Å²) in [5, 5.41) is 0.517. The Morgan fingerprint density at radius 3 is 2.03 bits per heavy atom. The highest BCUT2D eigenvalue weighted by Crippen LogP contribution is 2.40. The number of primary amides is 1. The van der Waals surface area contributed by atoms with Gasteiger partial charge in [0.2, 0.25) is 0 Å². The minimum atomic E-state index is -3.19. The number of Topliss-reactive ketones (excluding diaryl/α,β-unsaturated/α-hetero) is 1. The molecule has 0 saturated carbocycles. The lowest BCUT2D eigenvalue weighted by atomic mass is 9.78. The number of ether oxygens (including phenoxy) is 2. The van der Waals surface area contributed by atoms with Gasteiger partial charge in [0, 0.05) is 18.1 Å². The van der Waals surface area contributed by atoms with Crippen LogP contribution in [0.25, 0.3) is 0 Å². The Labute approximate surface area is 197 Å². The molecular weight excluding hydrogens is 477 g/mol. The molecule has 0 atom stereocenters. The predicted octanol–water partition coefficient (Wildman–Crippen LogP) is 3.57. The molecule has 7 nitrogen and oxygen atoms in total. The van der Waals surface area contributed by atoms with E-state index in [2.05, 4.69) is 0 Å². The van der Waals surface area contributed by atoms with Crippen molar-refractivity contribution in [2.75, 3.05) is 25.2 Å². The van der Waals surface area contributed by atoms with Crippen molar-refractivity contribution in [3.8, 4) is 11.5 Å². The molecule has 0 aromatic heterocycles. The summed E-state index contributed by atoms with van der Waals surface area (Å²) in [5.74, 6) is -0.442. The van der Waals surface area contributed by atoms with Crippen LogP contribution in [0.5, 0.6) is 11.5 Å². The summed E-state index contributed by atoms with van der Waals surface area (Å²) in [6, 6.07) is 10.6. The largest absolute Gasteiger partial charge is 0.486 e. The summed E-state index contributed by atoms with van der Waals surface area (Å²) in [5.41, 5.74) is 6.37. The number of carbonyl (C=O) groups is 2. The lowest BCUT2D eigenvalue weighted by Gasteiger charge is -2.27. The molecule has 0 unspecified atom stereocenters. The third-order valence-electron chi connectivity index (χ3n) is 4.81. The summed E-state index contributed by atoms with van der Waals surface area (Å²) >= 11 is 12.6. The fourth-order valence-electron chi connectivity index (χ4n) is 2.87. The van der Waals surface area contributed by atoms with Crippen molar-refractivity contribution < 1.29 is 27.5 Å². The molecule has 1 amide bonds. The number of amides is 1. The Bertz CT molecular complexity index is 1070. The average Bonchev–Trinajstić information content (AvgIpc) is 2.69. The number of rotatable bonds is 11. The highest BCUT2D eigenvalue weighted by Gasteiger charge is 2.26. The van der Waals surface area contributed by atoms with Crippen LogP contribution in [0.15, 0.2) is 36.4 Å². The molecule has 0 heterocycles. The molecule has 0 aliphatic heterocycles.